The molecular weight excluding hydrogens is 280 g/mol. The third-order valence-corrected chi connectivity index (χ3v) is 4.63. The summed E-state index contributed by atoms with van der Waals surface area (Å²) < 4.78 is 11.8. The lowest BCUT2D eigenvalue weighted by Crippen LogP contribution is -2.66. The van der Waals surface area contributed by atoms with E-state index in [2.05, 4.69) is 4.98 Å². The zero-order chi connectivity index (χ0) is 15.4. The van der Waals surface area contributed by atoms with Crippen molar-refractivity contribution in [2.75, 3.05) is 26.3 Å². The molecule has 1 amide bonds. The molecule has 1 unspecified atom stereocenters. The lowest BCUT2D eigenvalue weighted by molar-refractivity contribution is -0.169. The van der Waals surface area contributed by atoms with E-state index in [1.54, 1.807) is 6.20 Å². The number of pyridine rings is 1. The molecule has 22 heavy (non-hydrogen) atoms. The summed E-state index contributed by atoms with van der Waals surface area (Å²) in [5.41, 5.74) is 0.789. The first-order chi connectivity index (χ1) is 10.7. The van der Waals surface area contributed by atoms with Gasteiger partial charge in [-0.2, -0.15) is 0 Å². The van der Waals surface area contributed by atoms with Crippen LogP contribution in [0.3, 0.4) is 0 Å². The minimum atomic E-state index is -0.159. The predicted octanol–water partition coefficient (Wildman–Crippen LogP) is 2.02. The van der Waals surface area contributed by atoms with Crippen LogP contribution in [0.2, 0.25) is 0 Å². The number of carbonyl (C=O) groups is 1. The Morgan fingerprint density at radius 1 is 1.50 bits per heavy atom. The molecule has 3 rings (SSSR count). The second kappa shape index (κ2) is 6.75. The Labute approximate surface area is 131 Å². The van der Waals surface area contributed by atoms with Crippen molar-refractivity contribution in [1.82, 2.24) is 9.88 Å². The Morgan fingerprint density at radius 2 is 2.36 bits per heavy atom. The van der Waals surface area contributed by atoms with Gasteiger partial charge in [0.1, 0.15) is 5.60 Å². The van der Waals surface area contributed by atoms with Gasteiger partial charge in [0.05, 0.1) is 32.0 Å². The fourth-order valence-electron chi connectivity index (χ4n) is 3.31. The molecule has 1 aromatic heterocycles. The van der Waals surface area contributed by atoms with Crippen LogP contribution >= 0.6 is 0 Å². The van der Waals surface area contributed by atoms with Crippen molar-refractivity contribution < 1.29 is 14.3 Å². The minimum Gasteiger partial charge on any atom is -0.375 e. The van der Waals surface area contributed by atoms with Crippen molar-refractivity contribution in [2.45, 2.75) is 38.4 Å². The van der Waals surface area contributed by atoms with Gasteiger partial charge in [-0.25, -0.2) is 0 Å². The quantitative estimate of drug-likeness (QED) is 0.807. The molecule has 1 aromatic rings. The molecule has 0 bridgehead atoms. The molecule has 0 aliphatic carbocycles. The van der Waals surface area contributed by atoms with Crippen LogP contribution in [0.5, 0.6) is 0 Å². The van der Waals surface area contributed by atoms with E-state index in [1.807, 2.05) is 30.0 Å². The molecule has 1 spiro atoms. The molecule has 1 atom stereocenters. The van der Waals surface area contributed by atoms with Crippen molar-refractivity contribution in [3.8, 4) is 0 Å². The van der Waals surface area contributed by atoms with Gasteiger partial charge in [-0.05, 0) is 25.0 Å². The van der Waals surface area contributed by atoms with Gasteiger partial charge in [-0.15, -0.1) is 0 Å². The number of hydrogen-bond donors (Lipinski definition) is 0. The van der Waals surface area contributed by atoms with Gasteiger partial charge in [0.15, 0.2) is 0 Å². The van der Waals surface area contributed by atoms with Crippen LogP contribution in [0.15, 0.2) is 24.4 Å². The van der Waals surface area contributed by atoms with Crippen molar-refractivity contribution >= 4 is 5.91 Å². The van der Waals surface area contributed by atoms with Crippen molar-refractivity contribution in [1.29, 1.82) is 0 Å². The lowest BCUT2D eigenvalue weighted by atomic mass is 9.81. The maximum atomic E-state index is 11.9. The van der Waals surface area contributed by atoms with E-state index in [-0.39, 0.29) is 11.5 Å². The third-order valence-electron chi connectivity index (χ3n) is 4.63. The molecule has 0 radical (unpaired) electrons. The molecule has 3 heterocycles. The summed E-state index contributed by atoms with van der Waals surface area (Å²) in [5.74, 6) is 0.624. The van der Waals surface area contributed by atoms with Gasteiger partial charge in [-0.1, -0.05) is 13.0 Å². The molecule has 2 aliphatic rings. The molecule has 5 heteroatoms. The van der Waals surface area contributed by atoms with Crippen LogP contribution in [-0.4, -0.2) is 47.7 Å². The van der Waals surface area contributed by atoms with E-state index in [4.69, 9.17) is 9.47 Å². The number of hydrogen-bond acceptors (Lipinski definition) is 4. The monoisotopic (exact) mass is 304 g/mol. The SMILES string of the molecule is CCCC(=O)N1CC2(C1)OCCC2COCc1ccccn1. The number of amides is 1. The number of carbonyl (C=O) groups excluding carboxylic acids is 1. The zero-order valence-electron chi connectivity index (χ0n) is 13.2. The highest BCUT2D eigenvalue weighted by Gasteiger charge is 2.54. The Bertz CT molecular complexity index is 500. The summed E-state index contributed by atoms with van der Waals surface area (Å²) in [4.78, 5) is 18.1. The Balaban J connectivity index is 1.47. The fraction of sp³-hybridized carbons (Fsp3) is 0.647. The highest BCUT2D eigenvalue weighted by atomic mass is 16.5. The van der Waals surface area contributed by atoms with Crippen LogP contribution in [0.1, 0.15) is 31.9 Å². The number of aromatic nitrogens is 1. The summed E-state index contributed by atoms with van der Waals surface area (Å²) in [7, 11) is 0. The van der Waals surface area contributed by atoms with Crippen LogP contribution in [0, 0.1) is 5.92 Å². The Morgan fingerprint density at radius 3 is 3.09 bits per heavy atom. The number of rotatable bonds is 6. The minimum absolute atomic E-state index is 0.159. The summed E-state index contributed by atoms with van der Waals surface area (Å²) in [6, 6.07) is 5.84. The molecule has 5 nitrogen and oxygen atoms in total. The standard InChI is InChI=1S/C17H24N2O3/c1-2-5-16(20)19-12-17(13-19)14(7-9-22-17)10-21-11-15-6-3-4-8-18-15/h3-4,6,8,14H,2,5,7,9-13H2,1H3. The van der Waals surface area contributed by atoms with Gasteiger partial charge < -0.3 is 14.4 Å². The predicted molar refractivity (Wildman–Crippen MR) is 82.2 cm³/mol. The van der Waals surface area contributed by atoms with Crippen LogP contribution in [0.25, 0.3) is 0 Å². The maximum Gasteiger partial charge on any atom is 0.222 e. The van der Waals surface area contributed by atoms with Crippen molar-refractivity contribution in [3.05, 3.63) is 30.1 Å². The molecule has 120 valence electrons. The van der Waals surface area contributed by atoms with Crippen molar-refractivity contribution in [3.63, 3.8) is 0 Å². The van der Waals surface area contributed by atoms with Gasteiger partial charge >= 0.3 is 0 Å². The van der Waals surface area contributed by atoms with E-state index in [0.717, 1.165) is 38.2 Å². The topological polar surface area (TPSA) is 51.7 Å². The molecule has 2 fully saturated rings. The third kappa shape index (κ3) is 3.15. The number of likely N-dealkylation sites (tertiary alicyclic amines) is 1. The second-order valence-corrected chi connectivity index (χ2v) is 6.23. The molecule has 0 saturated carbocycles. The summed E-state index contributed by atoms with van der Waals surface area (Å²) in [6.07, 6.45) is 4.33. The van der Waals surface area contributed by atoms with Crippen molar-refractivity contribution in [2.24, 2.45) is 5.92 Å². The summed E-state index contributed by atoms with van der Waals surface area (Å²) in [6.45, 7) is 5.46. The molecule has 2 aliphatic heterocycles. The molecule has 0 aromatic carbocycles. The van der Waals surface area contributed by atoms with Crippen LogP contribution < -0.4 is 0 Å². The highest BCUT2D eigenvalue weighted by Crippen LogP contribution is 2.40. The second-order valence-electron chi connectivity index (χ2n) is 6.23. The number of nitrogens with zero attached hydrogens (tertiary/aromatic N) is 2. The van der Waals surface area contributed by atoms with Gasteiger partial charge in [0.2, 0.25) is 5.91 Å². The normalized spacial score (nSPS) is 22.8. The highest BCUT2D eigenvalue weighted by molar-refractivity contribution is 5.77. The Hall–Kier alpha value is -1.46. The average Bonchev–Trinajstić information content (AvgIpc) is 2.91. The van der Waals surface area contributed by atoms with Crippen LogP contribution in [0.4, 0.5) is 0 Å². The Kier molecular flexibility index (Phi) is 4.74. The van der Waals surface area contributed by atoms with Gasteiger partial charge in [-0.3, -0.25) is 9.78 Å². The molecule has 2 saturated heterocycles. The lowest BCUT2D eigenvalue weighted by Gasteiger charge is -2.50. The first-order valence-corrected chi connectivity index (χ1v) is 8.13. The summed E-state index contributed by atoms with van der Waals surface area (Å²) >= 11 is 0. The van der Waals surface area contributed by atoms with E-state index < -0.39 is 0 Å². The van der Waals surface area contributed by atoms with E-state index in [1.165, 1.54) is 0 Å². The van der Waals surface area contributed by atoms with Gasteiger partial charge in [0, 0.05) is 25.1 Å². The number of ether oxygens (including phenoxy) is 2. The maximum absolute atomic E-state index is 11.9. The van der Waals surface area contributed by atoms with E-state index in [9.17, 15) is 4.79 Å². The molecule has 0 N–H and O–H groups in total. The smallest absolute Gasteiger partial charge is 0.222 e. The molecular formula is C17H24N2O3. The first kappa shape index (κ1) is 15.4. The van der Waals surface area contributed by atoms with Gasteiger partial charge in [0.25, 0.3) is 0 Å². The van der Waals surface area contributed by atoms with E-state index >= 15 is 0 Å². The first-order valence-electron chi connectivity index (χ1n) is 8.13. The largest absolute Gasteiger partial charge is 0.375 e. The summed E-state index contributed by atoms with van der Waals surface area (Å²) in [5, 5.41) is 0. The average molecular weight is 304 g/mol. The zero-order valence-corrected chi connectivity index (χ0v) is 13.2. The van der Waals surface area contributed by atoms with E-state index in [0.29, 0.717) is 25.6 Å². The fourth-order valence-corrected chi connectivity index (χ4v) is 3.31. The van der Waals surface area contributed by atoms with Crippen LogP contribution in [-0.2, 0) is 20.9 Å².